The second-order valence-corrected chi connectivity index (χ2v) is 6.97. The molecule has 1 aliphatic heterocycles. The predicted octanol–water partition coefficient (Wildman–Crippen LogP) is 1.30. The molecule has 0 amide bonds. The van der Waals surface area contributed by atoms with Gasteiger partial charge in [0.15, 0.2) is 5.82 Å². The van der Waals surface area contributed by atoms with E-state index >= 15 is 0 Å². The number of sulfonamides is 1. The van der Waals surface area contributed by atoms with Crippen LogP contribution in [0.25, 0.3) is 0 Å². The number of aromatic nitrogens is 2. The highest BCUT2D eigenvalue weighted by molar-refractivity contribution is 7.89. The third-order valence-electron chi connectivity index (χ3n) is 3.65. The van der Waals surface area contributed by atoms with Crippen LogP contribution >= 0.6 is 0 Å². The number of anilines is 1. The van der Waals surface area contributed by atoms with Crippen molar-refractivity contribution in [2.24, 2.45) is 5.92 Å². The van der Waals surface area contributed by atoms with E-state index in [1.165, 1.54) is 4.31 Å². The lowest BCUT2D eigenvalue weighted by atomic mass is 10.1. The van der Waals surface area contributed by atoms with Crippen molar-refractivity contribution < 1.29 is 8.42 Å². The fourth-order valence-corrected chi connectivity index (χ4v) is 4.04. The summed E-state index contributed by atoms with van der Waals surface area (Å²) in [7, 11) is -3.48. The Morgan fingerprint density at radius 1 is 1.47 bits per heavy atom. The van der Waals surface area contributed by atoms with E-state index < -0.39 is 10.0 Å². The molecule has 7 heteroatoms. The summed E-state index contributed by atoms with van der Waals surface area (Å²) in [6, 6.07) is 0. The Morgan fingerprint density at radius 3 is 2.79 bits per heavy atom. The number of nitrogen functional groups attached to an aromatic ring is 1. The van der Waals surface area contributed by atoms with Crippen molar-refractivity contribution in [1.29, 1.82) is 0 Å². The summed E-state index contributed by atoms with van der Waals surface area (Å²) in [6.45, 7) is 5.96. The molecule has 1 atom stereocenters. The molecule has 1 unspecified atom stereocenters. The van der Waals surface area contributed by atoms with Crippen molar-refractivity contribution in [3.05, 3.63) is 6.20 Å². The fraction of sp³-hybridized carbons (Fsp3) is 0.750. The van der Waals surface area contributed by atoms with Crippen LogP contribution in [0, 0.1) is 5.92 Å². The molecule has 1 aliphatic rings. The molecule has 0 aliphatic carbocycles. The van der Waals surface area contributed by atoms with Crippen molar-refractivity contribution >= 4 is 15.8 Å². The summed E-state index contributed by atoms with van der Waals surface area (Å²) in [5.41, 5.74) is 5.75. The maximum Gasteiger partial charge on any atom is 0.248 e. The second-order valence-electron chi connectivity index (χ2n) is 5.07. The maximum absolute atomic E-state index is 12.5. The van der Waals surface area contributed by atoms with E-state index in [0.29, 0.717) is 25.6 Å². The topological polar surface area (TPSA) is 81.2 Å². The van der Waals surface area contributed by atoms with Gasteiger partial charge in [-0.2, -0.15) is 9.40 Å². The van der Waals surface area contributed by atoms with Crippen molar-refractivity contribution in [2.45, 2.75) is 44.6 Å². The highest BCUT2D eigenvalue weighted by Crippen LogP contribution is 2.28. The summed E-state index contributed by atoms with van der Waals surface area (Å²) in [4.78, 5) is 0.151. The first-order chi connectivity index (χ1) is 8.98. The van der Waals surface area contributed by atoms with Crippen LogP contribution in [-0.4, -0.2) is 35.6 Å². The van der Waals surface area contributed by atoms with Gasteiger partial charge in [0.05, 0.1) is 0 Å². The third kappa shape index (κ3) is 2.76. The molecule has 1 aromatic heterocycles. The molecule has 6 nitrogen and oxygen atoms in total. The first kappa shape index (κ1) is 14.3. The zero-order chi connectivity index (χ0) is 14.0. The van der Waals surface area contributed by atoms with Gasteiger partial charge >= 0.3 is 0 Å². The molecule has 1 aromatic rings. The van der Waals surface area contributed by atoms with Gasteiger partial charge in [-0.3, -0.25) is 4.68 Å². The average molecular weight is 286 g/mol. The fourth-order valence-electron chi connectivity index (χ4n) is 2.45. The number of aryl methyl sites for hydroxylation is 1. The van der Waals surface area contributed by atoms with Gasteiger partial charge in [0.1, 0.15) is 4.90 Å². The van der Waals surface area contributed by atoms with Crippen LogP contribution < -0.4 is 5.73 Å². The molecule has 1 fully saturated rings. The Kier molecular flexibility index (Phi) is 4.15. The molecule has 0 saturated carbocycles. The van der Waals surface area contributed by atoms with E-state index in [-0.39, 0.29) is 10.7 Å². The summed E-state index contributed by atoms with van der Waals surface area (Å²) in [5, 5.41) is 4.07. The van der Waals surface area contributed by atoms with Crippen molar-refractivity contribution in [3.63, 3.8) is 0 Å². The van der Waals surface area contributed by atoms with Crippen LogP contribution in [0.3, 0.4) is 0 Å². The lowest BCUT2D eigenvalue weighted by molar-refractivity contribution is 0.453. The highest BCUT2D eigenvalue weighted by atomic mass is 32.2. The molecule has 2 N–H and O–H groups in total. The maximum atomic E-state index is 12.5. The average Bonchev–Trinajstić information content (AvgIpc) is 2.96. The smallest absolute Gasteiger partial charge is 0.248 e. The quantitative estimate of drug-likeness (QED) is 0.884. The minimum absolute atomic E-state index is 0.105. The first-order valence-electron chi connectivity index (χ1n) is 6.82. The Balaban J connectivity index is 2.24. The molecule has 0 aromatic carbocycles. The van der Waals surface area contributed by atoms with Crippen LogP contribution in [-0.2, 0) is 16.6 Å². The van der Waals surface area contributed by atoms with E-state index in [1.54, 1.807) is 10.9 Å². The summed E-state index contributed by atoms with van der Waals surface area (Å²) >= 11 is 0. The molecule has 2 heterocycles. The lowest BCUT2D eigenvalue weighted by Gasteiger charge is -2.15. The Morgan fingerprint density at radius 2 is 2.21 bits per heavy atom. The van der Waals surface area contributed by atoms with Crippen LogP contribution in [0.15, 0.2) is 11.1 Å². The molecule has 0 bridgehead atoms. The summed E-state index contributed by atoms with van der Waals surface area (Å²) < 4.78 is 28.2. The van der Waals surface area contributed by atoms with Crippen LogP contribution in [0.2, 0.25) is 0 Å². The molecule has 19 heavy (non-hydrogen) atoms. The monoisotopic (exact) mass is 286 g/mol. The number of rotatable bonds is 5. The molecule has 108 valence electrons. The molecule has 0 spiro atoms. The van der Waals surface area contributed by atoms with Gasteiger partial charge < -0.3 is 5.73 Å². The minimum Gasteiger partial charge on any atom is -0.381 e. The number of nitrogens with zero attached hydrogens (tertiary/aromatic N) is 3. The van der Waals surface area contributed by atoms with E-state index in [1.807, 2.05) is 6.92 Å². The van der Waals surface area contributed by atoms with Crippen molar-refractivity contribution in [1.82, 2.24) is 14.1 Å². The highest BCUT2D eigenvalue weighted by Gasteiger charge is 2.34. The molecular weight excluding hydrogens is 264 g/mol. The van der Waals surface area contributed by atoms with Gasteiger partial charge in [-0.1, -0.05) is 20.3 Å². The van der Waals surface area contributed by atoms with Crippen LogP contribution in [0.1, 0.15) is 33.1 Å². The number of nitrogens with two attached hydrogens (primary N) is 1. The largest absolute Gasteiger partial charge is 0.381 e. The zero-order valence-electron chi connectivity index (χ0n) is 11.5. The van der Waals surface area contributed by atoms with Crippen molar-refractivity contribution in [3.8, 4) is 0 Å². The van der Waals surface area contributed by atoms with Gasteiger partial charge in [-0.15, -0.1) is 0 Å². The van der Waals surface area contributed by atoms with Gasteiger partial charge in [0, 0.05) is 25.8 Å². The summed E-state index contributed by atoms with van der Waals surface area (Å²) in [6.07, 6.45) is 4.38. The third-order valence-corrected chi connectivity index (χ3v) is 5.53. The Labute approximate surface area is 114 Å². The van der Waals surface area contributed by atoms with Gasteiger partial charge in [-0.05, 0) is 18.8 Å². The molecule has 1 saturated heterocycles. The molecule has 0 radical (unpaired) electrons. The first-order valence-corrected chi connectivity index (χ1v) is 8.26. The zero-order valence-corrected chi connectivity index (χ0v) is 12.4. The van der Waals surface area contributed by atoms with Crippen LogP contribution in [0.5, 0.6) is 0 Å². The molecule has 2 rings (SSSR count). The van der Waals surface area contributed by atoms with Crippen molar-refractivity contribution in [2.75, 3.05) is 18.8 Å². The Bertz CT molecular complexity index is 538. The lowest BCUT2D eigenvalue weighted by Crippen LogP contribution is -2.29. The second kappa shape index (κ2) is 5.50. The number of hydrogen-bond donors (Lipinski definition) is 1. The summed E-state index contributed by atoms with van der Waals surface area (Å²) in [5.74, 6) is 0.565. The van der Waals surface area contributed by atoms with Crippen LogP contribution in [0.4, 0.5) is 5.82 Å². The number of hydrogen-bond acceptors (Lipinski definition) is 4. The molecular formula is C12H22N4O2S. The minimum atomic E-state index is -3.48. The van der Waals surface area contributed by atoms with Gasteiger partial charge in [-0.25, -0.2) is 8.42 Å². The van der Waals surface area contributed by atoms with Gasteiger partial charge in [0.2, 0.25) is 10.0 Å². The Hall–Kier alpha value is -1.08. The van der Waals surface area contributed by atoms with E-state index in [2.05, 4.69) is 12.0 Å². The van der Waals surface area contributed by atoms with E-state index in [4.69, 9.17) is 5.73 Å². The predicted molar refractivity (Wildman–Crippen MR) is 74.1 cm³/mol. The standard InChI is InChI=1S/C12H22N4O2S/c1-3-6-15-9-11(12(13)14-15)19(17,18)16-7-5-10(4-2)8-16/h9-10H,3-8H2,1-2H3,(H2,13,14). The van der Waals surface area contributed by atoms with E-state index in [9.17, 15) is 8.42 Å². The SMILES string of the molecule is CCCn1cc(S(=O)(=O)N2CCC(CC)C2)c(N)n1. The van der Waals surface area contributed by atoms with E-state index in [0.717, 1.165) is 19.3 Å². The normalized spacial score (nSPS) is 21.1. The van der Waals surface area contributed by atoms with Gasteiger partial charge in [0.25, 0.3) is 0 Å².